The molecule has 2 heterocycles. The number of nitrogens with zero attached hydrogens (tertiary/aromatic N) is 2. The Bertz CT molecular complexity index is 581. The summed E-state index contributed by atoms with van der Waals surface area (Å²) in [6.45, 7) is 0.874. The van der Waals surface area contributed by atoms with Crippen LogP contribution in [0.2, 0.25) is 0 Å². The van der Waals surface area contributed by atoms with E-state index >= 15 is 0 Å². The molecule has 1 aromatic rings. The number of piperidine rings is 1. The van der Waals surface area contributed by atoms with Crippen molar-refractivity contribution in [1.29, 1.82) is 0 Å². The number of hydrogen-bond donors (Lipinski definition) is 1. The van der Waals surface area contributed by atoms with Gasteiger partial charge in [0.25, 0.3) is 0 Å². The van der Waals surface area contributed by atoms with Gasteiger partial charge in [0.05, 0.1) is 11.5 Å². The molecule has 1 aliphatic heterocycles. The van der Waals surface area contributed by atoms with Gasteiger partial charge in [0.15, 0.2) is 9.84 Å². The van der Waals surface area contributed by atoms with Gasteiger partial charge in [-0.25, -0.2) is 13.2 Å². The summed E-state index contributed by atoms with van der Waals surface area (Å²) in [5.41, 5.74) is 1.10. The van der Waals surface area contributed by atoms with Crippen LogP contribution in [0.4, 0.5) is 4.79 Å². The van der Waals surface area contributed by atoms with Gasteiger partial charge in [0, 0.05) is 25.5 Å². The van der Waals surface area contributed by atoms with E-state index < -0.39 is 15.9 Å². The van der Waals surface area contributed by atoms with E-state index in [4.69, 9.17) is 5.11 Å². The first kappa shape index (κ1) is 16.7. The molecule has 0 aliphatic carbocycles. The fourth-order valence-corrected chi connectivity index (χ4v) is 4.58. The van der Waals surface area contributed by atoms with Gasteiger partial charge in [0.2, 0.25) is 0 Å². The van der Waals surface area contributed by atoms with E-state index in [1.54, 1.807) is 12.4 Å². The highest BCUT2D eigenvalue weighted by molar-refractivity contribution is 7.91. The average molecular weight is 326 g/mol. The highest BCUT2D eigenvalue weighted by atomic mass is 32.2. The molecule has 1 amide bonds. The molecule has 0 saturated carbocycles. The van der Waals surface area contributed by atoms with Crippen LogP contribution < -0.4 is 0 Å². The van der Waals surface area contributed by atoms with Crippen LogP contribution in [-0.2, 0) is 16.3 Å². The molecular formula is C15H22N2O4S. The minimum absolute atomic E-state index is 0.0847. The van der Waals surface area contributed by atoms with Crippen molar-refractivity contribution in [3.63, 3.8) is 0 Å². The maximum Gasteiger partial charge on any atom is 0.407 e. The maximum absolute atomic E-state index is 12.2. The van der Waals surface area contributed by atoms with Crippen molar-refractivity contribution >= 4 is 15.9 Å². The number of pyridine rings is 1. The van der Waals surface area contributed by atoms with Crippen LogP contribution in [0.25, 0.3) is 0 Å². The minimum atomic E-state index is -3.07. The van der Waals surface area contributed by atoms with Gasteiger partial charge in [-0.2, -0.15) is 0 Å². The maximum atomic E-state index is 12.2. The lowest BCUT2D eigenvalue weighted by Gasteiger charge is -2.29. The van der Waals surface area contributed by atoms with Crippen LogP contribution in [0.5, 0.6) is 0 Å². The van der Waals surface area contributed by atoms with Crippen LogP contribution >= 0.6 is 0 Å². The van der Waals surface area contributed by atoms with E-state index in [0.29, 0.717) is 32.4 Å². The molecule has 1 fully saturated rings. The lowest BCUT2D eigenvalue weighted by molar-refractivity contribution is 0.127. The third-order valence-corrected chi connectivity index (χ3v) is 5.93. The molecular weight excluding hydrogens is 304 g/mol. The van der Waals surface area contributed by atoms with Crippen molar-refractivity contribution in [1.82, 2.24) is 9.88 Å². The fraction of sp³-hybridized carbons (Fsp3) is 0.600. The fourth-order valence-electron chi connectivity index (χ4n) is 2.78. The molecule has 0 bridgehead atoms. The van der Waals surface area contributed by atoms with Crippen LogP contribution in [0.15, 0.2) is 24.5 Å². The molecule has 1 N–H and O–H groups in total. The van der Waals surface area contributed by atoms with Gasteiger partial charge in [-0.15, -0.1) is 0 Å². The Labute approximate surface area is 131 Å². The van der Waals surface area contributed by atoms with E-state index in [9.17, 15) is 13.2 Å². The SMILES string of the molecule is O=C(O)N1CCC(CS(=O)(=O)CCCc2ccncc2)CC1. The standard InChI is InChI=1S/C15H22N2O4S/c18-15(19)17-9-5-14(6-10-17)12-22(20,21)11-1-2-13-3-7-16-8-4-13/h3-4,7-8,14H,1-2,5-6,9-12H2,(H,18,19). The lowest BCUT2D eigenvalue weighted by atomic mass is 9.99. The first-order valence-electron chi connectivity index (χ1n) is 7.53. The van der Waals surface area contributed by atoms with E-state index in [0.717, 1.165) is 12.0 Å². The van der Waals surface area contributed by atoms with Crippen LogP contribution in [0, 0.1) is 5.92 Å². The second-order valence-corrected chi connectivity index (χ2v) is 8.02. The number of aryl methyl sites for hydroxylation is 1. The Morgan fingerprint density at radius 3 is 2.50 bits per heavy atom. The summed E-state index contributed by atoms with van der Waals surface area (Å²) >= 11 is 0. The second-order valence-electron chi connectivity index (χ2n) is 5.79. The first-order chi connectivity index (χ1) is 10.5. The van der Waals surface area contributed by atoms with E-state index in [1.165, 1.54) is 4.90 Å². The smallest absolute Gasteiger partial charge is 0.407 e. The van der Waals surface area contributed by atoms with Gasteiger partial charge < -0.3 is 10.0 Å². The van der Waals surface area contributed by atoms with Crippen molar-refractivity contribution in [2.45, 2.75) is 25.7 Å². The van der Waals surface area contributed by atoms with Gasteiger partial charge in [-0.1, -0.05) is 0 Å². The second kappa shape index (κ2) is 7.58. The first-order valence-corrected chi connectivity index (χ1v) is 9.35. The molecule has 22 heavy (non-hydrogen) atoms. The molecule has 0 unspecified atom stereocenters. The number of likely N-dealkylation sites (tertiary alicyclic amines) is 1. The number of amides is 1. The highest BCUT2D eigenvalue weighted by Crippen LogP contribution is 2.19. The molecule has 1 aliphatic rings. The summed E-state index contributed by atoms with van der Waals surface area (Å²) in [5, 5.41) is 8.88. The van der Waals surface area contributed by atoms with E-state index in [2.05, 4.69) is 4.98 Å². The van der Waals surface area contributed by atoms with Gasteiger partial charge in [-0.3, -0.25) is 4.98 Å². The Kier molecular flexibility index (Phi) is 5.76. The number of hydrogen-bond acceptors (Lipinski definition) is 4. The predicted octanol–water partition coefficient (Wildman–Crippen LogP) is 1.82. The highest BCUT2D eigenvalue weighted by Gasteiger charge is 2.26. The Balaban J connectivity index is 1.73. The van der Waals surface area contributed by atoms with Gasteiger partial charge in [0.1, 0.15) is 0 Å². The normalized spacial score (nSPS) is 16.6. The van der Waals surface area contributed by atoms with Crippen molar-refractivity contribution in [2.75, 3.05) is 24.6 Å². The van der Waals surface area contributed by atoms with Gasteiger partial charge in [-0.05, 0) is 49.3 Å². The Hall–Kier alpha value is -1.63. The molecule has 0 aromatic carbocycles. The van der Waals surface area contributed by atoms with Crippen molar-refractivity contribution in [2.24, 2.45) is 5.92 Å². The molecule has 0 spiro atoms. The average Bonchev–Trinajstić information content (AvgIpc) is 2.48. The molecule has 0 atom stereocenters. The van der Waals surface area contributed by atoms with Crippen molar-refractivity contribution in [3.8, 4) is 0 Å². The van der Waals surface area contributed by atoms with Crippen LogP contribution in [0.3, 0.4) is 0 Å². The third kappa shape index (κ3) is 5.29. The van der Waals surface area contributed by atoms with Crippen molar-refractivity contribution < 1.29 is 18.3 Å². The number of carbonyl (C=O) groups is 1. The number of aromatic nitrogens is 1. The zero-order chi connectivity index (χ0) is 16.0. The third-order valence-electron chi connectivity index (χ3n) is 4.04. The summed E-state index contributed by atoms with van der Waals surface area (Å²) in [6, 6.07) is 3.79. The summed E-state index contributed by atoms with van der Waals surface area (Å²) < 4.78 is 24.3. The van der Waals surface area contributed by atoms with Crippen LogP contribution in [0.1, 0.15) is 24.8 Å². The summed E-state index contributed by atoms with van der Waals surface area (Å²) in [6.07, 6.45) is 5.12. The monoisotopic (exact) mass is 326 g/mol. The summed E-state index contributed by atoms with van der Waals surface area (Å²) in [7, 11) is -3.07. The summed E-state index contributed by atoms with van der Waals surface area (Å²) in [4.78, 5) is 16.1. The topological polar surface area (TPSA) is 87.6 Å². The Morgan fingerprint density at radius 2 is 1.91 bits per heavy atom. The molecule has 1 saturated heterocycles. The number of carboxylic acid groups (broad SMARTS) is 1. The van der Waals surface area contributed by atoms with Crippen molar-refractivity contribution in [3.05, 3.63) is 30.1 Å². The zero-order valence-electron chi connectivity index (χ0n) is 12.5. The Morgan fingerprint density at radius 1 is 1.27 bits per heavy atom. The minimum Gasteiger partial charge on any atom is -0.465 e. The molecule has 1 aromatic heterocycles. The molecule has 0 radical (unpaired) electrons. The summed E-state index contributed by atoms with van der Waals surface area (Å²) in [5.74, 6) is 0.451. The largest absolute Gasteiger partial charge is 0.465 e. The van der Waals surface area contributed by atoms with Crippen LogP contribution in [-0.4, -0.2) is 54.1 Å². The number of rotatable bonds is 6. The van der Waals surface area contributed by atoms with Gasteiger partial charge >= 0.3 is 6.09 Å². The zero-order valence-corrected chi connectivity index (χ0v) is 13.3. The molecule has 2 rings (SSSR count). The predicted molar refractivity (Wildman–Crippen MR) is 83.5 cm³/mol. The quantitative estimate of drug-likeness (QED) is 0.861. The van der Waals surface area contributed by atoms with E-state index in [-0.39, 0.29) is 17.4 Å². The number of sulfone groups is 1. The van der Waals surface area contributed by atoms with E-state index in [1.807, 2.05) is 12.1 Å². The molecule has 122 valence electrons. The lowest BCUT2D eigenvalue weighted by Crippen LogP contribution is -2.39. The molecule has 6 nitrogen and oxygen atoms in total. The molecule has 7 heteroatoms.